The molecule has 0 aliphatic heterocycles. The maximum absolute atomic E-state index is 12.0. The lowest BCUT2D eigenvalue weighted by Crippen LogP contribution is -2.40. The molecule has 0 radical (unpaired) electrons. The minimum Gasteiger partial charge on any atom is -0.493 e. The van der Waals surface area contributed by atoms with Gasteiger partial charge in [-0.2, -0.15) is 0 Å². The molecule has 4 N–H and O–H groups in total. The Bertz CT molecular complexity index is 542. The van der Waals surface area contributed by atoms with Gasteiger partial charge in [0.25, 0.3) is 0 Å². The second-order valence-corrected chi connectivity index (χ2v) is 4.82. The third-order valence-electron chi connectivity index (χ3n) is 3.03. The molecule has 0 aliphatic rings. The van der Waals surface area contributed by atoms with Crippen LogP contribution in [0.15, 0.2) is 12.1 Å². The second kappa shape index (κ2) is 6.94. The molecule has 0 fully saturated rings. The fourth-order valence-corrected chi connectivity index (χ4v) is 1.68. The zero-order chi connectivity index (χ0) is 16.2. The van der Waals surface area contributed by atoms with Crippen molar-refractivity contribution in [3.8, 4) is 11.5 Å². The van der Waals surface area contributed by atoms with Gasteiger partial charge in [-0.25, -0.2) is 4.79 Å². The van der Waals surface area contributed by atoms with Crippen molar-refractivity contribution in [3.63, 3.8) is 0 Å². The normalized spacial score (nSPS) is 11.9. The largest absolute Gasteiger partial charge is 0.493 e. The van der Waals surface area contributed by atoms with Crippen LogP contribution in [-0.2, 0) is 4.79 Å². The van der Waals surface area contributed by atoms with Gasteiger partial charge in [-0.3, -0.25) is 4.79 Å². The Morgan fingerprint density at radius 1 is 1.19 bits per heavy atom. The number of hydrogen-bond donors (Lipinski definition) is 3. The number of hydrogen-bond acceptors (Lipinski definition) is 5. The first-order chi connectivity index (χ1) is 9.81. The summed E-state index contributed by atoms with van der Waals surface area (Å²) < 4.78 is 10.1. The highest BCUT2D eigenvalue weighted by atomic mass is 16.5. The van der Waals surface area contributed by atoms with E-state index in [2.05, 4.69) is 5.32 Å². The van der Waals surface area contributed by atoms with Gasteiger partial charge >= 0.3 is 5.97 Å². The molecule has 7 heteroatoms. The van der Waals surface area contributed by atoms with E-state index in [0.717, 1.165) is 0 Å². The first-order valence-corrected chi connectivity index (χ1v) is 6.37. The summed E-state index contributed by atoms with van der Waals surface area (Å²) in [6.45, 7) is 3.61. The smallest absolute Gasteiger partial charge is 0.337 e. The van der Waals surface area contributed by atoms with Crippen molar-refractivity contribution in [3.05, 3.63) is 17.7 Å². The van der Waals surface area contributed by atoms with Crippen LogP contribution in [0.3, 0.4) is 0 Å². The Kier molecular flexibility index (Phi) is 5.54. The zero-order valence-corrected chi connectivity index (χ0v) is 12.5. The summed E-state index contributed by atoms with van der Waals surface area (Å²) in [5, 5.41) is 11.7. The van der Waals surface area contributed by atoms with Gasteiger partial charge in [0.05, 0.1) is 31.5 Å². The molecule has 1 rings (SSSR count). The summed E-state index contributed by atoms with van der Waals surface area (Å²) in [5.74, 6) is -1.14. The van der Waals surface area contributed by atoms with Gasteiger partial charge in [0, 0.05) is 12.1 Å². The molecule has 0 unspecified atom stereocenters. The Labute approximate surface area is 123 Å². The second-order valence-electron chi connectivity index (χ2n) is 4.82. The van der Waals surface area contributed by atoms with E-state index in [4.69, 9.17) is 15.2 Å². The summed E-state index contributed by atoms with van der Waals surface area (Å²) in [4.78, 5) is 23.3. The van der Waals surface area contributed by atoms with Gasteiger partial charge in [-0.1, -0.05) is 13.8 Å². The highest BCUT2D eigenvalue weighted by molar-refractivity contribution is 6.03. The minimum atomic E-state index is -1.19. The maximum atomic E-state index is 12.0. The van der Waals surface area contributed by atoms with E-state index in [0.29, 0.717) is 5.75 Å². The molecule has 21 heavy (non-hydrogen) atoms. The fourth-order valence-electron chi connectivity index (χ4n) is 1.68. The van der Waals surface area contributed by atoms with Gasteiger partial charge in [0.1, 0.15) is 0 Å². The van der Waals surface area contributed by atoms with Crippen molar-refractivity contribution in [2.24, 2.45) is 11.7 Å². The number of carbonyl (C=O) groups is 2. The highest BCUT2D eigenvalue weighted by Gasteiger charge is 2.22. The summed E-state index contributed by atoms with van der Waals surface area (Å²) in [6.07, 6.45) is 0. The van der Waals surface area contributed by atoms with Crippen LogP contribution in [0.5, 0.6) is 11.5 Å². The van der Waals surface area contributed by atoms with Crippen LogP contribution in [-0.4, -0.2) is 37.2 Å². The van der Waals surface area contributed by atoms with Crippen LogP contribution in [0.4, 0.5) is 5.69 Å². The molecule has 1 aromatic rings. The molecule has 0 bridgehead atoms. The quantitative estimate of drug-likeness (QED) is 0.730. The monoisotopic (exact) mass is 296 g/mol. The predicted molar refractivity (Wildman–Crippen MR) is 77.9 cm³/mol. The standard InChI is InChI=1S/C14H20N2O5/c1-7(2)12(15)13(17)16-9-6-11(21-4)10(20-3)5-8(9)14(18)19/h5-7,12H,15H2,1-4H3,(H,16,17)(H,18,19)/t12-/m0/s1. The van der Waals surface area contributed by atoms with Crippen molar-refractivity contribution < 1.29 is 24.2 Å². The van der Waals surface area contributed by atoms with Crippen molar-refractivity contribution in [1.29, 1.82) is 0 Å². The molecule has 116 valence electrons. The fraction of sp³-hybridized carbons (Fsp3) is 0.429. The van der Waals surface area contributed by atoms with E-state index >= 15 is 0 Å². The number of nitrogens with two attached hydrogens (primary N) is 1. The molecule has 1 amide bonds. The first-order valence-electron chi connectivity index (χ1n) is 6.37. The third kappa shape index (κ3) is 3.85. The summed E-state index contributed by atoms with van der Waals surface area (Å²) in [5.41, 5.74) is 5.76. The number of nitrogens with one attached hydrogen (secondary N) is 1. The van der Waals surface area contributed by atoms with Crippen molar-refractivity contribution in [2.45, 2.75) is 19.9 Å². The van der Waals surface area contributed by atoms with E-state index in [1.54, 1.807) is 13.8 Å². The van der Waals surface area contributed by atoms with Crippen LogP contribution in [0, 0.1) is 5.92 Å². The summed E-state index contributed by atoms with van der Waals surface area (Å²) >= 11 is 0. The Morgan fingerprint density at radius 2 is 1.71 bits per heavy atom. The van der Waals surface area contributed by atoms with Crippen LogP contribution < -0.4 is 20.5 Å². The van der Waals surface area contributed by atoms with E-state index in [-0.39, 0.29) is 22.9 Å². The first kappa shape index (κ1) is 16.8. The van der Waals surface area contributed by atoms with Crippen LogP contribution in [0.1, 0.15) is 24.2 Å². The van der Waals surface area contributed by atoms with Gasteiger partial charge in [0.2, 0.25) is 5.91 Å². The van der Waals surface area contributed by atoms with Crippen LogP contribution in [0.2, 0.25) is 0 Å². The van der Waals surface area contributed by atoms with E-state index in [1.807, 2.05) is 0 Å². The molecule has 0 saturated heterocycles. The van der Waals surface area contributed by atoms with Crippen LogP contribution >= 0.6 is 0 Å². The molecule has 0 spiro atoms. The van der Waals surface area contributed by atoms with Crippen LogP contribution in [0.25, 0.3) is 0 Å². The summed E-state index contributed by atoms with van der Waals surface area (Å²) in [6, 6.07) is 1.95. The van der Waals surface area contributed by atoms with Gasteiger partial charge in [-0.15, -0.1) is 0 Å². The SMILES string of the molecule is COc1cc(NC(=O)[C@@H](N)C(C)C)c(C(=O)O)cc1OC. The lowest BCUT2D eigenvalue weighted by molar-refractivity contribution is -0.118. The molecule has 1 aromatic carbocycles. The van der Waals surface area contributed by atoms with E-state index < -0.39 is 17.9 Å². The molecule has 0 aromatic heterocycles. The van der Waals surface area contributed by atoms with Crippen molar-refractivity contribution in [2.75, 3.05) is 19.5 Å². The highest BCUT2D eigenvalue weighted by Crippen LogP contribution is 2.33. The molecule has 0 saturated carbocycles. The third-order valence-corrected chi connectivity index (χ3v) is 3.03. The molecular formula is C14H20N2O5. The number of carboxylic acids is 1. The number of amides is 1. The number of methoxy groups -OCH3 is 2. The topological polar surface area (TPSA) is 111 Å². The van der Waals surface area contributed by atoms with Crippen molar-refractivity contribution >= 4 is 17.6 Å². The molecule has 1 atom stereocenters. The number of carbonyl (C=O) groups excluding carboxylic acids is 1. The van der Waals surface area contributed by atoms with Gasteiger partial charge in [-0.05, 0) is 5.92 Å². The van der Waals surface area contributed by atoms with E-state index in [9.17, 15) is 14.7 Å². The number of aromatic carboxylic acids is 1. The van der Waals surface area contributed by atoms with Gasteiger partial charge in [0.15, 0.2) is 11.5 Å². The average Bonchev–Trinajstić information content (AvgIpc) is 2.45. The Balaban J connectivity index is 3.21. The maximum Gasteiger partial charge on any atom is 0.337 e. The lowest BCUT2D eigenvalue weighted by atomic mass is 10.0. The lowest BCUT2D eigenvalue weighted by Gasteiger charge is -2.18. The number of anilines is 1. The van der Waals surface area contributed by atoms with Gasteiger partial charge < -0.3 is 25.6 Å². The number of carboxylic acid groups (broad SMARTS) is 1. The molecule has 0 aliphatic carbocycles. The predicted octanol–water partition coefficient (Wildman–Crippen LogP) is 1.32. The van der Waals surface area contributed by atoms with E-state index in [1.165, 1.54) is 26.4 Å². The number of benzene rings is 1. The minimum absolute atomic E-state index is 0.0709. The Morgan fingerprint density at radius 3 is 2.14 bits per heavy atom. The molecular weight excluding hydrogens is 276 g/mol. The molecule has 0 heterocycles. The Hall–Kier alpha value is -2.28. The zero-order valence-electron chi connectivity index (χ0n) is 12.5. The number of rotatable bonds is 6. The number of ether oxygens (including phenoxy) is 2. The van der Waals surface area contributed by atoms with Crippen molar-refractivity contribution in [1.82, 2.24) is 0 Å². The summed E-state index contributed by atoms with van der Waals surface area (Å²) in [7, 11) is 2.82. The average molecular weight is 296 g/mol. The molecule has 7 nitrogen and oxygen atoms in total.